The molecule has 0 bridgehead atoms. The second-order valence-electron chi connectivity index (χ2n) is 4.68. The first kappa shape index (κ1) is 26.9. The Kier molecular flexibility index (Phi) is 14.8. The van der Waals surface area contributed by atoms with Crippen LogP contribution in [0.2, 0.25) is 0 Å². The van der Waals surface area contributed by atoms with Gasteiger partial charge in [0.2, 0.25) is 5.91 Å². The van der Waals surface area contributed by atoms with E-state index in [0.717, 1.165) is 6.08 Å². The smallest absolute Gasteiger partial charge is 1.00 e. The SMILES string of the molecule is CSC[S@](=O)C[C@H](CO)NC(=O)/C=C/c1c(C)[nH]c(=O)[nH]c1=O.[Cl-].[H+].[H-].[Na+]. The average Bonchev–Trinajstić information content (AvgIpc) is 2.45. The van der Waals surface area contributed by atoms with Gasteiger partial charge in [0.15, 0.2) is 0 Å². The minimum atomic E-state index is -1.15. The van der Waals surface area contributed by atoms with E-state index in [4.69, 9.17) is 0 Å². The maximum absolute atomic E-state index is 11.8. The number of aliphatic hydroxyl groups excluding tert-OH is 1. The van der Waals surface area contributed by atoms with Crippen LogP contribution in [0.4, 0.5) is 0 Å². The molecule has 2 atom stereocenters. The summed E-state index contributed by atoms with van der Waals surface area (Å²) < 4.78 is 11.6. The number of carbonyl (C=O) groups excluding carboxylic acids is 1. The fourth-order valence-electron chi connectivity index (χ4n) is 1.76. The molecule has 12 heteroatoms. The van der Waals surface area contributed by atoms with Gasteiger partial charge in [-0.3, -0.25) is 18.8 Å². The van der Waals surface area contributed by atoms with Crippen molar-refractivity contribution < 1.29 is 58.9 Å². The van der Waals surface area contributed by atoms with Gasteiger partial charge in [0.25, 0.3) is 5.56 Å². The molecule has 0 fully saturated rings. The quantitative estimate of drug-likeness (QED) is 0.244. The zero-order chi connectivity index (χ0) is 17.4. The van der Waals surface area contributed by atoms with E-state index in [2.05, 4.69) is 15.3 Å². The van der Waals surface area contributed by atoms with Crippen molar-refractivity contribution in [3.8, 4) is 0 Å². The zero-order valence-corrected chi connectivity index (χ0v) is 18.5. The van der Waals surface area contributed by atoms with Crippen LogP contribution in [0.5, 0.6) is 0 Å². The Bertz CT molecular complexity index is 733. The Labute approximate surface area is 182 Å². The van der Waals surface area contributed by atoms with Crippen molar-refractivity contribution in [1.82, 2.24) is 15.3 Å². The minimum absolute atomic E-state index is 0. The van der Waals surface area contributed by atoms with Crippen LogP contribution < -0.4 is 58.5 Å². The molecule has 1 rings (SSSR count). The Morgan fingerprint density at radius 1 is 1.48 bits per heavy atom. The van der Waals surface area contributed by atoms with Crippen LogP contribution in [-0.4, -0.2) is 54.9 Å². The summed E-state index contributed by atoms with van der Waals surface area (Å²) in [5.41, 5.74) is -0.727. The van der Waals surface area contributed by atoms with Gasteiger partial charge in [0, 0.05) is 28.3 Å². The van der Waals surface area contributed by atoms with E-state index in [9.17, 15) is 23.7 Å². The van der Waals surface area contributed by atoms with E-state index in [1.54, 1.807) is 0 Å². The van der Waals surface area contributed by atoms with Crippen LogP contribution in [0.1, 0.15) is 14.1 Å². The van der Waals surface area contributed by atoms with Crippen LogP contribution in [0.3, 0.4) is 0 Å². The van der Waals surface area contributed by atoms with Crippen molar-refractivity contribution in [3.63, 3.8) is 0 Å². The van der Waals surface area contributed by atoms with Crippen LogP contribution >= 0.6 is 11.8 Å². The first-order valence-electron chi connectivity index (χ1n) is 6.64. The number of hydrogen-bond acceptors (Lipinski definition) is 6. The molecule has 8 nitrogen and oxygen atoms in total. The van der Waals surface area contributed by atoms with Gasteiger partial charge in [-0.25, -0.2) is 4.79 Å². The van der Waals surface area contributed by atoms with Gasteiger partial charge >= 0.3 is 36.7 Å². The summed E-state index contributed by atoms with van der Waals surface area (Å²) in [7, 11) is -1.15. The summed E-state index contributed by atoms with van der Waals surface area (Å²) in [6.45, 7) is 1.20. The first-order chi connectivity index (χ1) is 10.9. The molecule has 4 N–H and O–H groups in total. The normalized spacial score (nSPS) is 12.8. The Morgan fingerprint density at radius 2 is 2.12 bits per heavy atom. The Balaban J connectivity index is -0.000000661. The largest absolute Gasteiger partial charge is 1.00 e. The molecule has 0 saturated carbocycles. The van der Waals surface area contributed by atoms with E-state index < -0.39 is 34.0 Å². The number of amides is 1. The average molecular weight is 422 g/mol. The van der Waals surface area contributed by atoms with Gasteiger partial charge in [0.1, 0.15) is 0 Å². The summed E-state index contributed by atoms with van der Waals surface area (Å²) in [6.07, 6.45) is 4.21. The maximum atomic E-state index is 11.8. The molecule has 0 radical (unpaired) electrons. The summed E-state index contributed by atoms with van der Waals surface area (Å²) in [5, 5.41) is 12.2. The molecule has 1 aromatic heterocycles. The number of carbonyl (C=O) groups is 1. The number of aliphatic hydroxyl groups is 1. The molecule has 0 aliphatic carbocycles. The molecule has 1 heterocycles. The third kappa shape index (κ3) is 9.78. The molecule has 0 aliphatic heterocycles. The number of nitrogens with one attached hydrogen (secondary N) is 3. The molecular weight excluding hydrogens is 401 g/mol. The standard InChI is InChI=1S/C13H19N3O5S2.ClH.Na.H/c1-8-10(12(19)16-13(20)14-8)3-4-11(18)15-9(5-17)6-23(21)7-22-2;;;/h3-4,9,17H,5-7H2,1-2H3,(H,15,18)(H2,14,16,19,20);1H;;/q;;+1;-1/b4-3+;;;/t9-,23+;;;/m0.../s1. The van der Waals surface area contributed by atoms with Gasteiger partial charge in [-0.2, -0.15) is 11.8 Å². The summed E-state index contributed by atoms with van der Waals surface area (Å²) in [6, 6.07) is -0.630. The van der Waals surface area contributed by atoms with E-state index in [0.29, 0.717) is 10.8 Å². The van der Waals surface area contributed by atoms with E-state index in [1.807, 2.05) is 6.26 Å². The molecule has 138 valence electrons. The van der Waals surface area contributed by atoms with Crippen LogP contribution in [0.15, 0.2) is 15.7 Å². The number of aryl methyl sites for hydroxylation is 1. The molecule has 0 unspecified atom stereocenters. The number of H-pyrrole nitrogens is 2. The summed E-state index contributed by atoms with van der Waals surface area (Å²) in [4.78, 5) is 39.0. The topological polar surface area (TPSA) is 132 Å². The van der Waals surface area contributed by atoms with Gasteiger partial charge in [0.05, 0.1) is 23.3 Å². The summed E-state index contributed by atoms with van der Waals surface area (Å²) in [5.74, 6) is -0.384. The predicted molar refractivity (Wildman–Crippen MR) is 94.1 cm³/mol. The molecule has 1 aromatic rings. The number of thioether (sulfide) groups is 1. The number of aromatic amines is 2. The zero-order valence-electron chi connectivity index (χ0n) is 16.1. The van der Waals surface area contributed by atoms with Crippen molar-refractivity contribution in [1.29, 1.82) is 0 Å². The number of halogens is 1. The fraction of sp³-hybridized carbons (Fsp3) is 0.462. The third-order valence-corrected chi connectivity index (χ3v) is 5.55. The van der Waals surface area contributed by atoms with Crippen molar-refractivity contribution in [2.75, 3.05) is 23.7 Å². The fourth-order valence-corrected chi connectivity index (χ4v) is 3.84. The molecule has 0 spiro atoms. The van der Waals surface area contributed by atoms with Gasteiger partial charge < -0.3 is 29.2 Å². The van der Waals surface area contributed by atoms with E-state index in [-0.39, 0.29) is 62.7 Å². The Morgan fingerprint density at radius 3 is 2.64 bits per heavy atom. The second-order valence-corrected chi connectivity index (χ2v) is 7.41. The van der Waals surface area contributed by atoms with Gasteiger partial charge in [-0.05, 0) is 19.3 Å². The molecular formula is C13H21ClN3NaO5S2. The predicted octanol–water partition coefficient (Wildman–Crippen LogP) is -6.84. The molecule has 25 heavy (non-hydrogen) atoms. The van der Waals surface area contributed by atoms with Crippen molar-refractivity contribution >= 4 is 34.5 Å². The number of hydrogen-bond donors (Lipinski definition) is 4. The summed E-state index contributed by atoms with van der Waals surface area (Å²) >= 11 is 1.42. The Hall–Kier alpha value is -0.360. The van der Waals surface area contributed by atoms with Crippen molar-refractivity contribution in [2.24, 2.45) is 0 Å². The molecule has 1 amide bonds. The maximum Gasteiger partial charge on any atom is 1.00 e. The van der Waals surface area contributed by atoms with Crippen molar-refractivity contribution in [2.45, 2.75) is 13.0 Å². The van der Waals surface area contributed by atoms with Gasteiger partial charge in [-0.1, -0.05) is 0 Å². The van der Waals surface area contributed by atoms with E-state index >= 15 is 0 Å². The van der Waals surface area contributed by atoms with Crippen LogP contribution in [-0.2, 0) is 15.6 Å². The minimum Gasteiger partial charge on any atom is -1.00 e. The molecule has 0 saturated heterocycles. The second kappa shape index (κ2) is 13.8. The first-order valence-corrected chi connectivity index (χ1v) is 9.52. The van der Waals surface area contributed by atoms with Crippen LogP contribution in [0.25, 0.3) is 6.08 Å². The third-order valence-electron chi connectivity index (χ3n) is 2.78. The number of aromatic nitrogens is 2. The molecule has 0 aliphatic rings. The monoisotopic (exact) mass is 421 g/mol. The molecule has 0 aromatic carbocycles. The van der Waals surface area contributed by atoms with Crippen molar-refractivity contribution in [3.05, 3.63) is 38.2 Å². The van der Waals surface area contributed by atoms with Crippen LogP contribution in [0, 0.1) is 6.92 Å². The van der Waals surface area contributed by atoms with Gasteiger partial charge in [-0.15, -0.1) is 0 Å². The number of rotatable bonds is 8. The van der Waals surface area contributed by atoms with E-state index in [1.165, 1.54) is 24.8 Å².